The van der Waals surface area contributed by atoms with E-state index in [1.165, 1.54) is 25.7 Å². The second-order valence-corrected chi connectivity index (χ2v) is 7.64. The summed E-state index contributed by atoms with van der Waals surface area (Å²) >= 11 is 1.63. The highest BCUT2D eigenvalue weighted by atomic mass is 32.2. The molecule has 0 aromatic heterocycles. The molecule has 2 atom stereocenters. The van der Waals surface area contributed by atoms with Gasteiger partial charge in [-0.15, -0.1) is 11.8 Å². The Morgan fingerprint density at radius 1 is 1.19 bits per heavy atom. The molecule has 1 aliphatic heterocycles. The van der Waals surface area contributed by atoms with Crippen molar-refractivity contribution in [3.63, 3.8) is 0 Å². The van der Waals surface area contributed by atoms with Gasteiger partial charge in [0.15, 0.2) is 0 Å². The summed E-state index contributed by atoms with van der Waals surface area (Å²) in [6, 6.07) is -0.839. The molecular weight excluding hydrogens is 288 g/mol. The number of carbonyl (C=O) groups excluding carboxylic acids is 1. The monoisotopic (exact) mass is 312 g/mol. The van der Waals surface area contributed by atoms with Crippen LogP contribution in [-0.4, -0.2) is 45.7 Å². The number of nitrogens with zero attached hydrogens (tertiary/aromatic N) is 1. The highest BCUT2D eigenvalue weighted by Gasteiger charge is 2.48. The average molecular weight is 312 g/mol. The molecule has 0 aromatic rings. The molecule has 21 heavy (non-hydrogen) atoms. The molecule has 6 heteroatoms. The van der Waals surface area contributed by atoms with E-state index < -0.39 is 12.0 Å². The molecule has 0 aromatic carbocycles. The van der Waals surface area contributed by atoms with Crippen molar-refractivity contribution in [2.24, 2.45) is 11.8 Å². The van der Waals surface area contributed by atoms with Crippen molar-refractivity contribution in [3.8, 4) is 0 Å². The minimum Gasteiger partial charge on any atom is -0.480 e. The van der Waals surface area contributed by atoms with Crippen LogP contribution in [0.3, 0.4) is 0 Å². The van der Waals surface area contributed by atoms with Crippen LogP contribution in [0.5, 0.6) is 0 Å². The number of carboxylic acid groups (broad SMARTS) is 1. The first kappa shape index (κ1) is 15.0. The molecule has 2 aliphatic carbocycles. The first-order valence-electron chi connectivity index (χ1n) is 8.07. The Kier molecular flexibility index (Phi) is 4.62. The van der Waals surface area contributed by atoms with Crippen LogP contribution >= 0.6 is 11.8 Å². The third-order valence-corrected chi connectivity index (χ3v) is 6.34. The quantitative estimate of drug-likeness (QED) is 0.818. The Morgan fingerprint density at radius 3 is 2.52 bits per heavy atom. The Balaban J connectivity index is 1.53. The third kappa shape index (κ3) is 3.47. The number of hydrogen-bond acceptors (Lipinski definition) is 3. The molecule has 2 N–H and O–H groups in total. The molecule has 1 heterocycles. The van der Waals surface area contributed by atoms with Crippen molar-refractivity contribution >= 4 is 23.8 Å². The SMILES string of the molecule is O=C(O)C1CSC(C2CC2)N1C(=O)NCCC1CCCC1. The predicted octanol–water partition coefficient (Wildman–Crippen LogP) is 2.51. The van der Waals surface area contributed by atoms with Crippen LogP contribution in [0.4, 0.5) is 4.79 Å². The van der Waals surface area contributed by atoms with E-state index in [1.54, 1.807) is 16.7 Å². The smallest absolute Gasteiger partial charge is 0.327 e. The minimum absolute atomic E-state index is 0.0672. The average Bonchev–Trinajstić information content (AvgIpc) is 3.00. The lowest BCUT2D eigenvalue weighted by Crippen LogP contribution is -2.51. The van der Waals surface area contributed by atoms with E-state index in [0.717, 1.165) is 25.2 Å². The van der Waals surface area contributed by atoms with Gasteiger partial charge in [0.05, 0.1) is 5.37 Å². The van der Waals surface area contributed by atoms with Crippen molar-refractivity contribution in [1.82, 2.24) is 10.2 Å². The van der Waals surface area contributed by atoms with Gasteiger partial charge in [-0.2, -0.15) is 0 Å². The fourth-order valence-electron chi connectivity index (χ4n) is 3.49. The highest BCUT2D eigenvalue weighted by Crippen LogP contribution is 2.45. The largest absolute Gasteiger partial charge is 0.480 e. The van der Waals surface area contributed by atoms with E-state index in [0.29, 0.717) is 18.2 Å². The lowest BCUT2D eigenvalue weighted by molar-refractivity contribution is -0.141. The summed E-state index contributed by atoms with van der Waals surface area (Å²) in [6.45, 7) is 0.675. The van der Waals surface area contributed by atoms with Crippen molar-refractivity contribution in [3.05, 3.63) is 0 Å². The molecule has 3 fully saturated rings. The molecule has 2 amide bonds. The second kappa shape index (κ2) is 6.46. The number of hydrogen-bond donors (Lipinski definition) is 2. The number of urea groups is 1. The fourth-order valence-corrected chi connectivity index (χ4v) is 5.12. The third-order valence-electron chi connectivity index (χ3n) is 4.88. The molecule has 5 nitrogen and oxygen atoms in total. The Morgan fingerprint density at radius 2 is 1.90 bits per heavy atom. The van der Waals surface area contributed by atoms with Crippen LogP contribution in [0, 0.1) is 11.8 Å². The summed E-state index contributed by atoms with van der Waals surface area (Å²) in [4.78, 5) is 25.4. The van der Waals surface area contributed by atoms with Gasteiger partial charge >= 0.3 is 12.0 Å². The maximum atomic E-state index is 12.4. The summed E-state index contributed by atoms with van der Waals surface area (Å²) in [5.41, 5.74) is 0. The van der Waals surface area contributed by atoms with Crippen molar-refractivity contribution in [2.45, 2.75) is 56.4 Å². The molecule has 3 aliphatic rings. The summed E-state index contributed by atoms with van der Waals surface area (Å²) < 4.78 is 0. The van der Waals surface area contributed by atoms with Gasteiger partial charge in [-0.3, -0.25) is 4.90 Å². The van der Waals surface area contributed by atoms with Gasteiger partial charge in [-0.05, 0) is 31.1 Å². The molecule has 118 valence electrons. The first-order valence-corrected chi connectivity index (χ1v) is 9.12. The number of rotatable bonds is 5. The van der Waals surface area contributed by atoms with Crippen LogP contribution < -0.4 is 5.32 Å². The molecule has 2 unspecified atom stereocenters. The second-order valence-electron chi connectivity index (χ2n) is 6.49. The summed E-state index contributed by atoms with van der Waals surface area (Å²) in [7, 11) is 0. The molecule has 0 radical (unpaired) electrons. The van der Waals surface area contributed by atoms with E-state index in [-0.39, 0.29) is 11.4 Å². The molecule has 0 bridgehead atoms. The lowest BCUT2D eigenvalue weighted by Gasteiger charge is -2.27. The summed E-state index contributed by atoms with van der Waals surface area (Å²) in [6.07, 6.45) is 8.44. The number of carbonyl (C=O) groups is 2. The topological polar surface area (TPSA) is 69.6 Å². The van der Waals surface area contributed by atoms with Gasteiger partial charge in [-0.1, -0.05) is 25.7 Å². The van der Waals surface area contributed by atoms with E-state index in [4.69, 9.17) is 0 Å². The van der Waals surface area contributed by atoms with Crippen LogP contribution in [0.25, 0.3) is 0 Å². The minimum atomic E-state index is -0.878. The number of amides is 2. The highest BCUT2D eigenvalue weighted by molar-refractivity contribution is 8.00. The van der Waals surface area contributed by atoms with Crippen LogP contribution in [0.1, 0.15) is 44.9 Å². The van der Waals surface area contributed by atoms with Crippen molar-refractivity contribution < 1.29 is 14.7 Å². The number of carboxylic acids is 1. The van der Waals surface area contributed by atoms with E-state index in [2.05, 4.69) is 5.32 Å². The zero-order valence-corrected chi connectivity index (χ0v) is 13.1. The Labute approximate surface area is 129 Å². The number of thioether (sulfide) groups is 1. The van der Waals surface area contributed by atoms with E-state index in [1.807, 2.05) is 0 Å². The van der Waals surface area contributed by atoms with Gasteiger partial charge in [0.25, 0.3) is 0 Å². The van der Waals surface area contributed by atoms with E-state index in [9.17, 15) is 14.7 Å². The zero-order valence-electron chi connectivity index (χ0n) is 12.3. The van der Waals surface area contributed by atoms with Gasteiger partial charge < -0.3 is 10.4 Å². The Bertz CT molecular complexity index is 408. The molecular formula is C15H24N2O3S. The van der Waals surface area contributed by atoms with Gasteiger partial charge in [0.1, 0.15) is 6.04 Å². The molecule has 2 saturated carbocycles. The first-order chi connectivity index (χ1) is 10.2. The summed E-state index contributed by atoms with van der Waals surface area (Å²) in [5, 5.41) is 12.3. The molecule has 3 rings (SSSR count). The van der Waals surface area contributed by atoms with Crippen molar-refractivity contribution in [1.29, 1.82) is 0 Å². The normalized spacial score (nSPS) is 29.8. The maximum absolute atomic E-state index is 12.4. The number of aliphatic carboxylic acids is 1. The standard InChI is InChI=1S/C15H24N2O3S/c18-14(19)12-9-21-13(11-5-6-11)17(12)15(20)16-8-7-10-3-1-2-4-10/h10-13H,1-9H2,(H,16,20)(H,18,19). The summed E-state index contributed by atoms with van der Waals surface area (Å²) in [5.74, 6) is 0.885. The lowest BCUT2D eigenvalue weighted by atomic mass is 10.0. The van der Waals surface area contributed by atoms with Crippen LogP contribution in [0.15, 0.2) is 0 Å². The van der Waals surface area contributed by atoms with E-state index >= 15 is 0 Å². The van der Waals surface area contributed by atoms with Crippen LogP contribution in [-0.2, 0) is 4.79 Å². The van der Waals surface area contributed by atoms with Gasteiger partial charge in [-0.25, -0.2) is 9.59 Å². The zero-order chi connectivity index (χ0) is 14.8. The molecule has 1 saturated heterocycles. The van der Waals surface area contributed by atoms with Crippen LogP contribution in [0.2, 0.25) is 0 Å². The fraction of sp³-hybridized carbons (Fsp3) is 0.867. The molecule has 0 spiro atoms. The van der Waals surface area contributed by atoms with Gasteiger partial charge in [0.2, 0.25) is 0 Å². The maximum Gasteiger partial charge on any atom is 0.327 e. The Hall–Kier alpha value is -0.910. The van der Waals surface area contributed by atoms with Crippen molar-refractivity contribution in [2.75, 3.05) is 12.3 Å². The number of nitrogens with one attached hydrogen (secondary N) is 1. The van der Waals surface area contributed by atoms with Gasteiger partial charge in [0, 0.05) is 12.3 Å². The predicted molar refractivity (Wildman–Crippen MR) is 82.2 cm³/mol.